The second-order valence-corrected chi connectivity index (χ2v) is 3.11. The molecule has 0 amide bonds. The summed E-state index contributed by atoms with van der Waals surface area (Å²) in [6.07, 6.45) is -3.00. The number of alkyl halides is 3. The first kappa shape index (κ1) is 14.3. The number of nitrogens with zero attached hydrogens (tertiary/aromatic N) is 1. The average Bonchev–Trinajstić information content (AvgIpc) is 2.47. The van der Waals surface area contributed by atoms with Crippen molar-refractivity contribution in [1.29, 1.82) is 0 Å². The molecule has 0 aliphatic carbocycles. The third-order valence-electron chi connectivity index (χ3n) is 1.45. The second kappa shape index (κ2) is 5.37. The van der Waals surface area contributed by atoms with Crippen LogP contribution in [0.1, 0.15) is 25.2 Å². The van der Waals surface area contributed by atoms with Crippen molar-refractivity contribution in [3.8, 4) is 0 Å². The maximum atomic E-state index is 12.1. The monoisotopic (exact) mass is 258 g/mol. The van der Waals surface area contributed by atoms with Gasteiger partial charge in [0.1, 0.15) is 0 Å². The number of halogens is 3. The average molecular weight is 258 g/mol. The van der Waals surface area contributed by atoms with Gasteiger partial charge < -0.3 is 9.98 Å². The quantitative estimate of drug-likeness (QED) is 0.480. The first-order valence-corrected chi connectivity index (χ1v) is 4.10. The molecule has 0 bridgehead atoms. The van der Waals surface area contributed by atoms with E-state index in [1.54, 1.807) is 0 Å². The van der Waals surface area contributed by atoms with Crippen molar-refractivity contribution in [3.63, 3.8) is 0 Å². The van der Waals surface area contributed by atoms with Gasteiger partial charge in [-0.05, 0) is 13.8 Å². The van der Waals surface area contributed by atoms with Crippen LogP contribution in [-0.4, -0.2) is 17.2 Å². The van der Waals surface area contributed by atoms with Gasteiger partial charge in [0.15, 0.2) is 0 Å². The van der Waals surface area contributed by atoms with Gasteiger partial charge in [-0.3, -0.25) is 0 Å². The van der Waals surface area contributed by atoms with Crippen molar-refractivity contribution in [1.82, 2.24) is 4.98 Å². The number of aromatic nitrogens is 1. The Bertz CT molecular complexity index is 328. The van der Waals surface area contributed by atoms with Crippen molar-refractivity contribution in [2.24, 2.45) is 4.99 Å². The summed E-state index contributed by atoms with van der Waals surface area (Å²) in [5.74, 6) is 0. The first-order chi connectivity index (χ1) is 6.39. The summed E-state index contributed by atoms with van der Waals surface area (Å²) < 4.78 is 36.3. The Hall–Kier alpha value is -0.741. The Balaban J connectivity index is 0.00000196. The molecule has 0 aromatic carbocycles. The van der Waals surface area contributed by atoms with E-state index in [9.17, 15) is 13.2 Å². The summed E-state index contributed by atoms with van der Waals surface area (Å²) in [7, 11) is 0. The van der Waals surface area contributed by atoms with Gasteiger partial charge in [0, 0.05) is 11.7 Å². The summed E-state index contributed by atoms with van der Waals surface area (Å²) in [5, 5.41) is 0. The Morgan fingerprint density at radius 1 is 1.47 bits per heavy atom. The maximum Gasteiger partial charge on any atom is 2.00 e. The molecule has 0 atom stereocenters. The largest absolute Gasteiger partial charge is 2.00 e. The van der Waals surface area contributed by atoms with E-state index in [0.29, 0.717) is 0 Å². The smallest absolute Gasteiger partial charge is 0.423 e. The number of hydrogen-bond acceptors (Lipinski definition) is 1. The second-order valence-electron chi connectivity index (χ2n) is 3.11. The van der Waals surface area contributed by atoms with Crippen LogP contribution in [0.2, 0.25) is 0 Å². The minimum absolute atomic E-state index is 0. The zero-order valence-corrected chi connectivity index (χ0v) is 9.37. The van der Waals surface area contributed by atoms with E-state index < -0.39 is 11.9 Å². The van der Waals surface area contributed by atoms with Crippen LogP contribution in [0.4, 0.5) is 13.2 Å². The minimum Gasteiger partial charge on any atom is -0.423 e. The van der Waals surface area contributed by atoms with E-state index in [4.69, 9.17) is 0 Å². The normalized spacial score (nSPS) is 12.1. The van der Waals surface area contributed by atoms with Gasteiger partial charge in [0.2, 0.25) is 0 Å². The predicted octanol–water partition coefficient (Wildman–Crippen LogP) is 2.66. The van der Waals surface area contributed by atoms with Crippen LogP contribution in [0.3, 0.4) is 0 Å². The molecule has 1 rings (SSSR count). The van der Waals surface area contributed by atoms with Gasteiger partial charge in [0.05, 0.1) is 0 Å². The minimum atomic E-state index is -4.35. The van der Waals surface area contributed by atoms with Crippen LogP contribution in [-0.2, 0) is 23.2 Å². The van der Waals surface area contributed by atoms with Crippen LogP contribution >= 0.6 is 0 Å². The predicted molar refractivity (Wildman–Crippen MR) is 47.4 cm³/mol. The van der Waals surface area contributed by atoms with Gasteiger partial charge in [-0.15, -0.1) is 6.07 Å². The molecule has 1 N–H and O–H groups in total. The fourth-order valence-electron chi connectivity index (χ4n) is 0.813. The Kier molecular flexibility index (Phi) is 5.11. The van der Waals surface area contributed by atoms with Gasteiger partial charge in [0.25, 0.3) is 0 Å². The number of aromatic amines is 1. The molecule has 0 fully saturated rings. The molecule has 0 aliphatic rings. The molecule has 0 saturated heterocycles. The number of rotatable bonds is 2. The van der Waals surface area contributed by atoms with Crippen LogP contribution in [0.5, 0.6) is 0 Å². The van der Waals surface area contributed by atoms with Crippen molar-refractivity contribution in [2.75, 3.05) is 0 Å². The third kappa shape index (κ3) is 4.53. The third-order valence-corrected chi connectivity index (χ3v) is 1.45. The number of aliphatic imine (C=N–C) groups is 1. The molecule has 6 heteroatoms. The molecule has 83 valence electrons. The van der Waals surface area contributed by atoms with E-state index in [-0.39, 0.29) is 28.8 Å². The molecule has 1 aromatic heterocycles. The van der Waals surface area contributed by atoms with Crippen LogP contribution < -0.4 is 0 Å². The Morgan fingerprint density at radius 2 is 2.07 bits per heavy atom. The van der Waals surface area contributed by atoms with Crippen LogP contribution in [0.15, 0.2) is 11.1 Å². The molecule has 2 nitrogen and oxygen atoms in total. The fourth-order valence-corrected chi connectivity index (χ4v) is 0.813. The van der Waals surface area contributed by atoms with Crippen molar-refractivity contribution in [2.45, 2.75) is 26.1 Å². The van der Waals surface area contributed by atoms with E-state index in [2.05, 4.69) is 16.0 Å². The molecule has 1 heterocycles. The molecule has 15 heavy (non-hydrogen) atoms. The molecule has 0 spiro atoms. The van der Waals surface area contributed by atoms with Gasteiger partial charge in [-0.2, -0.15) is 19.2 Å². The van der Waals surface area contributed by atoms with E-state index in [0.717, 1.165) is 6.07 Å². The first-order valence-electron chi connectivity index (χ1n) is 4.10. The van der Waals surface area contributed by atoms with Crippen molar-refractivity contribution < 1.29 is 30.2 Å². The van der Waals surface area contributed by atoms with E-state index >= 15 is 0 Å². The van der Waals surface area contributed by atoms with Crippen LogP contribution in [0.25, 0.3) is 0 Å². The molecule has 1 radical (unpaired) electrons. The van der Waals surface area contributed by atoms with E-state index in [1.165, 1.54) is 6.21 Å². The SMILES string of the molecule is CC(C)N=Cc1[c-]cc(C(F)(F)F)[nH]1.[Mn+2]. The molecular formula is C9H10F3MnN2+. The number of H-pyrrole nitrogens is 1. The standard InChI is InChI=1S/C9H10F3N2.Mn/c1-6(2)13-5-7-3-4-8(14-7)9(10,11)12;/h4-6,14H,1-2H3;/q-1;+2. The van der Waals surface area contributed by atoms with E-state index in [1.807, 2.05) is 13.8 Å². The molecule has 0 aliphatic heterocycles. The number of nitrogens with one attached hydrogen (secondary N) is 1. The summed E-state index contributed by atoms with van der Waals surface area (Å²) in [6, 6.07) is 3.38. The summed E-state index contributed by atoms with van der Waals surface area (Å²) in [6.45, 7) is 3.67. The zero-order valence-electron chi connectivity index (χ0n) is 8.19. The Morgan fingerprint density at radius 3 is 2.47 bits per heavy atom. The molecular weight excluding hydrogens is 248 g/mol. The fraction of sp³-hybridized carbons (Fsp3) is 0.444. The summed E-state index contributed by atoms with van der Waals surface area (Å²) in [5.41, 5.74) is -0.561. The summed E-state index contributed by atoms with van der Waals surface area (Å²) in [4.78, 5) is 6.11. The zero-order chi connectivity index (χ0) is 10.8. The molecule has 0 unspecified atom stereocenters. The topological polar surface area (TPSA) is 28.1 Å². The molecule has 0 saturated carbocycles. The van der Waals surface area contributed by atoms with Gasteiger partial charge in [-0.1, -0.05) is 11.9 Å². The van der Waals surface area contributed by atoms with Gasteiger partial charge in [-0.25, -0.2) is 0 Å². The maximum absolute atomic E-state index is 12.1. The number of hydrogen-bond donors (Lipinski definition) is 1. The van der Waals surface area contributed by atoms with Gasteiger partial charge >= 0.3 is 23.2 Å². The van der Waals surface area contributed by atoms with Crippen molar-refractivity contribution in [3.05, 3.63) is 23.5 Å². The van der Waals surface area contributed by atoms with Crippen LogP contribution in [0, 0.1) is 6.07 Å². The van der Waals surface area contributed by atoms with Crippen molar-refractivity contribution >= 4 is 6.21 Å². The molecule has 1 aromatic rings. The Labute approximate surface area is 96.5 Å². The summed E-state index contributed by atoms with van der Waals surface area (Å²) >= 11 is 0.